The number of aryl methyl sites for hydroxylation is 1. The van der Waals surface area contributed by atoms with Crippen LogP contribution in [0.1, 0.15) is 22.4 Å². The lowest BCUT2D eigenvalue weighted by Crippen LogP contribution is -2.26. The molecular formula is C13H20N6OS. The second-order valence-electron chi connectivity index (χ2n) is 4.69. The molecule has 0 bridgehead atoms. The lowest BCUT2D eigenvalue weighted by atomic mass is 10.4. The van der Waals surface area contributed by atoms with E-state index in [0.29, 0.717) is 17.8 Å². The van der Waals surface area contributed by atoms with E-state index in [2.05, 4.69) is 15.3 Å². The fraction of sp³-hybridized carbons (Fsp3) is 0.462. The minimum atomic E-state index is -0.185. The summed E-state index contributed by atoms with van der Waals surface area (Å²) in [5, 5.41) is 3.61. The average molecular weight is 308 g/mol. The zero-order chi connectivity index (χ0) is 15.4. The number of rotatable bonds is 6. The Kier molecular flexibility index (Phi) is 4.79. The maximum Gasteiger partial charge on any atom is 0.265 e. The van der Waals surface area contributed by atoms with E-state index in [0.717, 1.165) is 17.5 Å². The van der Waals surface area contributed by atoms with Gasteiger partial charge in [-0.1, -0.05) is 11.3 Å². The molecule has 3 N–H and O–H groups in total. The van der Waals surface area contributed by atoms with Gasteiger partial charge in [0.2, 0.25) is 0 Å². The predicted octanol–water partition coefficient (Wildman–Crippen LogP) is 0.887. The van der Waals surface area contributed by atoms with Crippen LogP contribution >= 0.6 is 11.3 Å². The van der Waals surface area contributed by atoms with Gasteiger partial charge >= 0.3 is 0 Å². The fourth-order valence-corrected chi connectivity index (χ4v) is 2.71. The van der Waals surface area contributed by atoms with Gasteiger partial charge in [-0.25, -0.2) is 9.97 Å². The molecule has 0 saturated carbocycles. The number of anilines is 2. The van der Waals surface area contributed by atoms with E-state index in [-0.39, 0.29) is 11.7 Å². The van der Waals surface area contributed by atoms with E-state index in [1.807, 2.05) is 36.7 Å². The van der Waals surface area contributed by atoms with Crippen molar-refractivity contribution in [3.05, 3.63) is 23.1 Å². The molecule has 0 radical (unpaired) electrons. The van der Waals surface area contributed by atoms with Crippen LogP contribution in [-0.4, -0.2) is 40.6 Å². The Morgan fingerprint density at radius 1 is 1.57 bits per heavy atom. The molecule has 0 aromatic carbocycles. The van der Waals surface area contributed by atoms with Crippen LogP contribution in [0.5, 0.6) is 0 Å². The predicted molar refractivity (Wildman–Crippen MR) is 84.7 cm³/mol. The molecule has 8 heteroatoms. The van der Waals surface area contributed by atoms with E-state index in [9.17, 15) is 4.79 Å². The second kappa shape index (κ2) is 6.57. The molecule has 0 aliphatic rings. The van der Waals surface area contributed by atoms with Crippen LogP contribution in [-0.2, 0) is 13.5 Å². The number of carbonyl (C=O) groups is 1. The highest BCUT2D eigenvalue weighted by Crippen LogP contribution is 2.27. The summed E-state index contributed by atoms with van der Waals surface area (Å²) in [6, 6.07) is 0. The molecule has 1 amide bonds. The lowest BCUT2D eigenvalue weighted by Gasteiger charge is -2.10. The molecule has 2 aromatic heterocycles. The maximum atomic E-state index is 12.1. The van der Waals surface area contributed by atoms with Gasteiger partial charge in [-0.05, 0) is 6.92 Å². The third-order valence-corrected chi connectivity index (χ3v) is 4.39. The molecule has 0 atom stereocenters. The smallest absolute Gasteiger partial charge is 0.265 e. The average Bonchev–Trinajstić information content (AvgIpc) is 3.04. The van der Waals surface area contributed by atoms with E-state index in [1.165, 1.54) is 11.3 Å². The number of nitrogens with zero attached hydrogens (tertiary/aromatic N) is 4. The lowest BCUT2D eigenvalue weighted by molar-refractivity contribution is 0.0958. The number of nitrogens with one attached hydrogen (secondary N) is 1. The third-order valence-electron chi connectivity index (χ3n) is 3.20. The van der Waals surface area contributed by atoms with Gasteiger partial charge in [0.15, 0.2) is 5.13 Å². The normalized spacial score (nSPS) is 10.6. The highest BCUT2D eigenvalue weighted by molar-refractivity contribution is 7.18. The molecular weight excluding hydrogens is 288 g/mol. The van der Waals surface area contributed by atoms with E-state index >= 15 is 0 Å². The van der Waals surface area contributed by atoms with Crippen LogP contribution in [0.2, 0.25) is 0 Å². The van der Waals surface area contributed by atoms with Crippen molar-refractivity contribution in [2.24, 2.45) is 7.05 Å². The molecule has 0 aliphatic carbocycles. The number of nitrogens with two attached hydrogens (primary N) is 1. The summed E-state index contributed by atoms with van der Waals surface area (Å²) in [6.45, 7) is 3.34. The topological polar surface area (TPSA) is 89.1 Å². The van der Waals surface area contributed by atoms with Crippen molar-refractivity contribution in [1.82, 2.24) is 19.9 Å². The van der Waals surface area contributed by atoms with Crippen molar-refractivity contribution in [3.8, 4) is 0 Å². The minimum Gasteiger partial charge on any atom is -0.382 e. The van der Waals surface area contributed by atoms with Gasteiger partial charge in [0.25, 0.3) is 5.91 Å². The Labute approximate surface area is 127 Å². The van der Waals surface area contributed by atoms with E-state index in [4.69, 9.17) is 5.73 Å². The zero-order valence-electron chi connectivity index (χ0n) is 12.5. The van der Waals surface area contributed by atoms with E-state index < -0.39 is 0 Å². The Bertz CT molecular complexity index is 620. The van der Waals surface area contributed by atoms with Gasteiger partial charge < -0.3 is 20.5 Å². The van der Waals surface area contributed by atoms with Crippen LogP contribution in [0.25, 0.3) is 0 Å². The maximum absolute atomic E-state index is 12.1. The van der Waals surface area contributed by atoms with Gasteiger partial charge in [-0.15, -0.1) is 0 Å². The summed E-state index contributed by atoms with van der Waals surface area (Å²) >= 11 is 1.31. The van der Waals surface area contributed by atoms with Gasteiger partial charge in [-0.3, -0.25) is 4.79 Å². The van der Waals surface area contributed by atoms with Crippen molar-refractivity contribution >= 4 is 28.2 Å². The zero-order valence-corrected chi connectivity index (χ0v) is 13.3. The molecule has 0 spiro atoms. The molecule has 2 aromatic rings. The monoisotopic (exact) mass is 308 g/mol. The highest BCUT2D eigenvalue weighted by atomic mass is 32.1. The number of hydrogen-bond acceptors (Lipinski definition) is 6. The number of carbonyl (C=O) groups excluding carboxylic acids is 1. The van der Waals surface area contributed by atoms with Crippen LogP contribution in [0.3, 0.4) is 0 Å². The molecule has 0 unspecified atom stereocenters. The van der Waals surface area contributed by atoms with Gasteiger partial charge in [-0.2, -0.15) is 0 Å². The highest BCUT2D eigenvalue weighted by Gasteiger charge is 2.17. The minimum absolute atomic E-state index is 0.185. The van der Waals surface area contributed by atoms with Crippen molar-refractivity contribution in [2.75, 3.05) is 30.8 Å². The van der Waals surface area contributed by atoms with Crippen molar-refractivity contribution in [3.63, 3.8) is 0 Å². The van der Waals surface area contributed by atoms with Crippen molar-refractivity contribution < 1.29 is 4.79 Å². The molecule has 0 aliphatic heterocycles. The number of imidazole rings is 1. The van der Waals surface area contributed by atoms with Crippen molar-refractivity contribution in [1.29, 1.82) is 0 Å². The molecule has 7 nitrogen and oxygen atoms in total. The summed E-state index contributed by atoms with van der Waals surface area (Å²) < 4.78 is 1.93. The van der Waals surface area contributed by atoms with Crippen LogP contribution in [0.4, 0.5) is 10.9 Å². The number of hydrogen-bond donors (Lipinski definition) is 2. The van der Waals surface area contributed by atoms with Gasteiger partial charge in [0.05, 0.1) is 0 Å². The van der Waals surface area contributed by atoms with E-state index in [1.54, 1.807) is 6.20 Å². The Morgan fingerprint density at radius 2 is 2.33 bits per heavy atom. The molecule has 2 heterocycles. The van der Waals surface area contributed by atoms with Crippen LogP contribution in [0, 0.1) is 0 Å². The standard InChI is InChI=1S/C13H20N6OS/c1-4-18(2)13-17-11(14)10(21-13)12(20)16-6-5-9-15-7-8-19(9)3/h7-8H,4-6,14H2,1-3H3,(H,16,20). The Balaban J connectivity index is 1.94. The van der Waals surface area contributed by atoms with Gasteiger partial charge in [0.1, 0.15) is 16.5 Å². The Morgan fingerprint density at radius 3 is 2.95 bits per heavy atom. The molecule has 2 rings (SSSR count). The summed E-state index contributed by atoms with van der Waals surface area (Å²) in [6.07, 6.45) is 4.30. The summed E-state index contributed by atoms with van der Waals surface area (Å²) in [4.78, 5) is 23.0. The van der Waals surface area contributed by atoms with Gasteiger partial charge in [0, 0.05) is 46.0 Å². The van der Waals surface area contributed by atoms with Crippen LogP contribution in [0.15, 0.2) is 12.4 Å². The SMILES string of the molecule is CCN(C)c1nc(N)c(C(=O)NCCc2nccn2C)s1. The number of nitrogen functional groups attached to an aromatic ring is 1. The molecule has 0 saturated heterocycles. The Hall–Kier alpha value is -2.09. The summed E-state index contributed by atoms with van der Waals surface area (Å²) in [7, 11) is 3.85. The number of aromatic nitrogens is 3. The molecule has 21 heavy (non-hydrogen) atoms. The van der Waals surface area contributed by atoms with Crippen molar-refractivity contribution in [2.45, 2.75) is 13.3 Å². The first kappa shape index (κ1) is 15.3. The second-order valence-corrected chi connectivity index (χ2v) is 5.66. The molecule has 0 fully saturated rings. The molecule has 114 valence electrons. The summed E-state index contributed by atoms with van der Waals surface area (Å²) in [5.74, 6) is 1.03. The first-order valence-corrected chi connectivity index (χ1v) is 7.56. The number of amides is 1. The largest absolute Gasteiger partial charge is 0.382 e. The fourth-order valence-electron chi connectivity index (χ4n) is 1.79. The first-order chi connectivity index (χ1) is 10.0. The number of thiazole rings is 1. The summed E-state index contributed by atoms with van der Waals surface area (Å²) in [5.41, 5.74) is 5.82. The third kappa shape index (κ3) is 3.52. The first-order valence-electron chi connectivity index (χ1n) is 6.74. The quantitative estimate of drug-likeness (QED) is 0.827. The van der Waals surface area contributed by atoms with Crippen LogP contribution < -0.4 is 16.0 Å².